The topological polar surface area (TPSA) is 36.4 Å². The SMILES string of the molecule is CN(C)Cc1ccc(C2CCCCN2C(=O)c2cccc3ncsc23)cc1. The van der Waals surface area contributed by atoms with Gasteiger partial charge in [0, 0.05) is 13.1 Å². The summed E-state index contributed by atoms with van der Waals surface area (Å²) in [6.07, 6.45) is 3.26. The van der Waals surface area contributed by atoms with Crippen LogP contribution in [0.25, 0.3) is 10.2 Å². The Morgan fingerprint density at radius 3 is 2.78 bits per heavy atom. The minimum atomic E-state index is 0.131. The number of benzene rings is 2. The summed E-state index contributed by atoms with van der Waals surface area (Å²) in [6.45, 7) is 1.75. The molecule has 4 rings (SSSR count). The van der Waals surface area contributed by atoms with Crippen molar-refractivity contribution in [3.63, 3.8) is 0 Å². The Morgan fingerprint density at radius 2 is 2.00 bits per heavy atom. The lowest BCUT2D eigenvalue weighted by Gasteiger charge is -2.36. The zero-order valence-electron chi connectivity index (χ0n) is 15.9. The molecule has 1 saturated heterocycles. The van der Waals surface area contributed by atoms with Crippen molar-refractivity contribution in [1.29, 1.82) is 0 Å². The summed E-state index contributed by atoms with van der Waals surface area (Å²) in [5, 5.41) is 0. The number of aromatic nitrogens is 1. The number of amides is 1. The Hall–Kier alpha value is -2.24. The zero-order valence-corrected chi connectivity index (χ0v) is 16.7. The van der Waals surface area contributed by atoms with Crippen molar-refractivity contribution in [3.05, 3.63) is 64.7 Å². The maximum absolute atomic E-state index is 13.4. The molecule has 1 fully saturated rings. The molecule has 3 aromatic rings. The molecule has 0 bridgehead atoms. The Morgan fingerprint density at radius 1 is 1.19 bits per heavy atom. The van der Waals surface area contributed by atoms with Crippen LogP contribution in [-0.2, 0) is 6.54 Å². The van der Waals surface area contributed by atoms with Crippen LogP contribution in [0.15, 0.2) is 48.0 Å². The molecule has 2 aromatic carbocycles. The number of hydrogen-bond donors (Lipinski definition) is 0. The number of hydrogen-bond acceptors (Lipinski definition) is 4. The first kappa shape index (κ1) is 18.1. The molecule has 27 heavy (non-hydrogen) atoms. The van der Waals surface area contributed by atoms with Crippen LogP contribution in [0.3, 0.4) is 0 Å². The zero-order chi connectivity index (χ0) is 18.8. The van der Waals surface area contributed by atoms with Gasteiger partial charge >= 0.3 is 0 Å². The Balaban J connectivity index is 1.62. The third-order valence-electron chi connectivity index (χ3n) is 5.21. The Labute approximate surface area is 164 Å². The monoisotopic (exact) mass is 379 g/mol. The number of thiazole rings is 1. The molecule has 1 aliphatic rings. The first-order chi connectivity index (χ1) is 13.1. The van der Waals surface area contributed by atoms with Crippen molar-refractivity contribution in [3.8, 4) is 0 Å². The molecular formula is C22H25N3OS. The molecule has 1 unspecified atom stereocenters. The van der Waals surface area contributed by atoms with E-state index >= 15 is 0 Å². The van der Waals surface area contributed by atoms with Crippen LogP contribution in [0.5, 0.6) is 0 Å². The minimum absolute atomic E-state index is 0.131. The van der Waals surface area contributed by atoms with Crippen LogP contribution >= 0.6 is 11.3 Å². The van der Waals surface area contributed by atoms with Crippen molar-refractivity contribution in [2.45, 2.75) is 31.8 Å². The van der Waals surface area contributed by atoms with Crippen molar-refractivity contribution >= 4 is 27.5 Å². The lowest BCUT2D eigenvalue weighted by molar-refractivity contribution is 0.0614. The van der Waals surface area contributed by atoms with Crippen LogP contribution in [-0.4, -0.2) is 41.3 Å². The maximum atomic E-state index is 13.4. The summed E-state index contributed by atoms with van der Waals surface area (Å²) in [6, 6.07) is 14.8. The highest BCUT2D eigenvalue weighted by atomic mass is 32.1. The van der Waals surface area contributed by atoms with Gasteiger partial charge in [-0.1, -0.05) is 30.3 Å². The Bertz CT molecular complexity index is 932. The quantitative estimate of drug-likeness (QED) is 0.658. The average Bonchev–Trinajstić information content (AvgIpc) is 3.16. The van der Waals surface area contributed by atoms with E-state index in [1.807, 2.05) is 23.7 Å². The minimum Gasteiger partial charge on any atom is -0.332 e. The first-order valence-corrected chi connectivity index (χ1v) is 10.4. The molecule has 2 heterocycles. The van der Waals surface area contributed by atoms with E-state index in [0.29, 0.717) is 0 Å². The highest BCUT2D eigenvalue weighted by Gasteiger charge is 2.29. The summed E-state index contributed by atoms with van der Waals surface area (Å²) in [5.74, 6) is 0.131. The van der Waals surface area contributed by atoms with E-state index in [4.69, 9.17) is 0 Å². The normalized spacial score (nSPS) is 17.6. The molecule has 1 aromatic heterocycles. The van der Waals surface area contributed by atoms with E-state index in [1.54, 1.807) is 11.3 Å². The Kier molecular flexibility index (Phi) is 5.23. The second-order valence-electron chi connectivity index (χ2n) is 7.50. The summed E-state index contributed by atoms with van der Waals surface area (Å²) >= 11 is 1.55. The molecule has 0 spiro atoms. The predicted molar refractivity (Wildman–Crippen MR) is 111 cm³/mol. The molecule has 0 radical (unpaired) electrons. The van der Waals surface area contributed by atoms with Gasteiger partial charge in [-0.25, -0.2) is 4.98 Å². The standard InChI is InChI=1S/C22H25N3OS/c1-24(2)14-16-9-11-17(12-10-16)20-8-3-4-13-25(20)22(26)18-6-5-7-19-21(18)27-15-23-19/h5-7,9-12,15,20H,3-4,8,13-14H2,1-2H3. The van der Waals surface area contributed by atoms with Gasteiger partial charge in [-0.2, -0.15) is 0 Å². The molecule has 0 aliphatic carbocycles. The highest BCUT2D eigenvalue weighted by molar-refractivity contribution is 7.17. The summed E-state index contributed by atoms with van der Waals surface area (Å²) in [7, 11) is 4.16. The predicted octanol–water partition coefficient (Wildman–Crippen LogP) is 4.73. The molecular weight excluding hydrogens is 354 g/mol. The summed E-state index contributed by atoms with van der Waals surface area (Å²) < 4.78 is 0.994. The van der Waals surface area contributed by atoms with Gasteiger partial charge in [-0.3, -0.25) is 4.79 Å². The maximum Gasteiger partial charge on any atom is 0.255 e. The fourth-order valence-electron chi connectivity index (χ4n) is 3.94. The molecule has 4 nitrogen and oxygen atoms in total. The summed E-state index contributed by atoms with van der Waals surface area (Å²) in [5.41, 5.74) is 6.05. The second-order valence-corrected chi connectivity index (χ2v) is 8.35. The van der Waals surface area contributed by atoms with Gasteiger partial charge in [-0.05, 0) is 56.6 Å². The lowest BCUT2D eigenvalue weighted by Crippen LogP contribution is -2.38. The molecule has 1 aliphatic heterocycles. The van der Waals surface area contributed by atoms with Gasteiger partial charge in [0.2, 0.25) is 0 Å². The fraction of sp³-hybridized carbons (Fsp3) is 0.364. The van der Waals surface area contributed by atoms with Crippen LogP contribution in [0.4, 0.5) is 0 Å². The van der Waals surface area contributed by atoms with E-state index < -0.39 is 0 Å². The number of fused-ring (bicyclic) bond motifs is 1. The van der Waals surface area contributed by atoms with E-state index in [9.17, 15) is 4.79 Å². The van der Waals surface area contributed by atoms with Crippen molar-refractivity contribution < 1.29 is 4.79 Å². The van der Waals surface area contributed by atoms with Gasteiger partial charge < -0.3 is 9.80 Å². The van der Waals surface area contributed by atoms with E-state index in [0.717, 1.165) is 41.7 Å². The smallest absolute Gasteiger partial charge is 0.255 e. The fourth-order valence-corrected chi connectivity index (χ4v) is 4.74. The van der Waals surface area contributed by atoms with Crippen molar-refractivity contribution in [2.75, 3.05) is 20.6 Å². The molecule has 0 N–H and O–H groups in total. The molecule has 5 heteroatoms. The third-order valence-corrected chi connectivity index (χ3v) is 6.09. The molecule has 140 valence electrons. The molecule has 0 saturated carbocycles. The number of nitrogens with zero attached hydrogens (tertiary/aromatic N) is 3. The van der Waals surface area contributed by atoms with Gasteiger partial charge in [-0.15, -0.1) is 11.3 Å². The molecule has 1 atom stereocenters. The molecule has 1 amide bonds. The van der Waals surface area contributed by atoms with Crippen LogP contribution in [0, 0.1) is 0 Å². The van der Waals surface area contributed by atoms with Crippen LogP contribution in [0.2, 0.25) is 0 Å². The third kappa shape index (κ3) is 3.75. The highest BCUT2D eigenvalue weighted by Crippen LogP contribution is 2.34. The second kappa shape index (κ2) is 7.79. The van der Waals surface area contributed by atoms with Gasteiger partial charge in [0.1, 0.15) is 0 Å². The number of likely N-dealkylation sites (tertiary alicyclic amines) is 1. The van der Waals surface area contributed by atoms with Gasteiger partial charge in [0.15, 0.2) is 0 Å². The van der Waals surface area contributed by atoms with E-state index in [2.05, 4.69) is 53.1 Å². The average molecular weight is 380 g/mol. The number of piperidine rings is 1. The van der Waals surface area contributed by atoms with Crippen LogP contribution in [0.1, 0.15) is 46.8 Å². The van der Waals surface area contributed by atoms with Gasteiger partial charge in [0.25, 0.3) is 5.91 Å². The van der Waals surface area contributed by atoms with Crippen LogP contribution < -0.4 is 0 Å². The first-order valence-electron chi connectivity index (χ1n) is 9.50. The lowest BCUT2D eigenvalue weighted by atomic mass is 9.93. The van der Waals surface area contributed by atoms with Gasteiger partial charge in [0.05, 0.1) is 27.3 Å². The van der Waals surface area contributed by atoms with E-state index in [-0.39, 0.29) is 11.9 Å². The number of rotatable bonds is 4. The van der Waals surface area contributed by atoms with Crippen molar-refractivity contribution in [2.24, 2.45) is 0 Å². The van der Waals surface area contributed by atoms with E-state index in [1.165, 1.54) is 17.5 Å². The number of carbonyl (C=O) groups is 1. The number of carbonyl (C=O) groups excluding carboxylic acids is 1. The van der Waals surface area contributed by atoms with Crippen molar-refractivity contribution in [1.82, 2.24) is 14.8 Å². The largest absolute Gasteiger partial charge is 0.332 e. The summed E-state index contributed by atoms with van der Waals surface area (Å²) in [4.78, 5) is 22.0.